The molecule has 3 nitrogen and oxygen atoms in total. The molecule has 0 fully saturated rings. The quantitative estimate of drug-likeness (QED) is 0.370. The highest BCUT2D eigenvalue weighted by molar-refractivity contribution is 6.32. The van der Waals surface area contributed by atoms with E-state index in [0.717, 1.165) is 27.5 Å². The van der Waals surface area contributed by atoms with Gasteiger partial charge in [0.25, 0.3) is 0 Å². The van der Waals surface area contributed by atoms with Crippen molar-refractivity contribution in [2.75, 3.05) is 0 Å². The number of carbonyl (C=O) groups excluding carboxylic acids is 1. The maximum Gasteiger partial charge on any atom is 0.185 e. The number of carbonyl (C=O) groups is 1. The Kier molecular flexibility index (Phi) is 5.82. The number of aryl methyl sites for hydroxylation is 3. The van der Waals surface area contributed by atoms with Crippen LogP contribution in [0, 0.1) is 20.8 Å². The molecule has 27 heavy (non-hydrogen) atoms. The molecule has 0 spiro atoms. The summed E-state index contributed by atoms with van der Waals surface area (Å²) >= 11 is 6.17. The standard InChI is InChI=1S/C23H21ClO3/c1-15-5-4-6-18(11-15)22(25)10-9-19-7-8-20(27-19)14-26-21-12-16(2)23(24)17(3)13-21/h4-13H,14H2,1-3H3/b10-9+. The molecular weight excluding hydrogens is 360 g/mol. The molecule has 0 saturated carbocycles. The topological polar surface area (TPSA) is 39.4 Å². The van der Waals surface area contributed by atoms with Gasteiger partial charge in [0, 0.05) is 10.6 Å². The molecule has 0 unspecified atom stereocenters. The number of furan rings is 1. The highest BCUT2D eigenvalue weighted by atomic mass is 35.5. The van der Waals surface area contributed by atoms with Crippen molar-refractivity contribution in [3.8, 4) is 5.75 Å². The van der Waals surface area contributed by atoms with Crippen LogP contribution in [0.1, 0.15) is 38.6 Å². The Labute approximate surface area is 164 Å². The number of halogens is 1. The number of ketones is 1. The third kappa shape index (κ3) is 4.89. The molecule has 0 saturated heterocycles. The molecule has 4 heteroatoms. The average molecular weight is 381 g/mol. The SMILES string of the molecule is Cc1cccc(C(=O)/C=C/c2ccc(COc3cc(C)c(Cl)c(C)c3)o2)c1. The minimum Gasteiger partial charge on any atom is -0.486 e. The van der Waals surface area contributed by atoms with E-state index in [1.165, 1.54) is 6.08 Å². The van der Waals surface area contributed by atoms with Crippen LogP contribution in [0.4, 0.5) is 0 Å². The van der Waals surface area contributed by atoms with Crippen LogP contribution in [-0.4, -0.2) is 5.78 Å². The second-order valence-electron chi connectivity index (χ2n) is 6.53. The van der Waals surface area contributed by atoms with Gasteiger partial charge in [-0.3, -0.25) is 4.79 Å². The number of hydrogen-bond donors (Lipinski definition) is 0. The van der Waals surface area contributed by atoms with Gasteiger partial charge in [-0.05, 0) is 74.4 Å². The van der Waals surface area contributed by atoms with Crippen molar-refractivity contribution in [2.45, 2.75) is 27.4 Å². The van der Waals surface area contributed by atoms with E-state index in [2.05, 4.69) is 0 Å². The molecule has 1 aromatic heterocycles. The lowest BCUT2D eigenvalue weighted by Crippen LogP contribution is -1.95. The minimum atomic E-state index is -0.0555. The van der Waals surface area contributed by atoms with E-state index in [1.54, 1.807) is 12.1 Å². The zero-order valence-electron chi connectivity index (χ0n) is 15.6. The molecule has 1 heterocycles. The predicted octanol–water partition coefficient (Wildman–Crippen LogP) is 6.33. The van der Waals surface area contributed by atoms with Gasteiger partial charge in [0.15, 0.2) is 5.78 Å². The predicted molar refractivity (Wildman–Crippen MR) is 109 cm³/mol. The molecule has 0 radical (unpaired) electrons. The van der Waals surface area contributed by atoms with E-state index in [0.29, 0.717) is 23.7 Å². The summed E-state index contributed by atoms with van der Waals surface area (Å²) in [6.07, 6.45) is 3.19. The number of allylic oxidation sites excluding steroid dienone is 1. The van der Waals surface area contributed by atoms with Crippen LogP contribution in [0.3, 0.4) is 0 Å². The first-order chi connectivity index (χ1) is 12.9. The van der Waals surface area contributed by atoms with Gasteiger partial charge in [0.1, 0.15) is 23.9 Å². The third-order valence-electron chi connectivity index (χ3n) is 4.18. The summed E-state index contributed by atoms with van der Waals surface area (Å²) in [7, 11) is 0. The summed E-state index contributed by atoms with van der Waals surface area (Å²) in [6.45, 7) is 6.16. The fraction of sp³-hybridized carbons (Fsp3) is 0.174. The van der Waals surface area contributed by atoms with Crippen LogP contribution >= 0.6 is 11.6 Å². The molecule has 0 aliphatic rings. The van der Waals surface area contributed by atoms with Gasteiger partial charge in [0.2, 0.25) is 0 Å². The zero-order chi connectivity index (χ0) is 19.4. The van der Waals surface area contributed by atoms with Crippen LogP contribution < -0.4 is 4.74 Å². The maximum atomic E-state index is 12.2. The van der Waals surface area contributed by atoms with Crippen molar-refractivity contribution in [3.05, 3.63) is 93.4 Å². The van der Waals surface area contributed by atoms with Gasteiger partial charge in [-0.1, -0.05) is 35.4 Å². The molecule has 2 aromatic carbocycles. The Morgan fingerprint density at radius 3 is 2.52 bits per heavy atom. The lowest BCUT2D eigenvalue weighted by Gasteiger charge is -2.08. The van der Waals surface area contributed by atoms with Gasteiger partial charge >= 0.3 is 0 Å². The average Bonchev–Trinajstić information content (AvgIpc) is 3.10. The Morgan fingerprint density at radius 1 is 1.07 bits per heavy atom. The van der Waals surface area contributed by atoms with E-state index in [1.807, 2.05) is 63.2 Å². The van der Waals surface area contributed by atoms with Gasteiger partial charge < -0.3 is 9.15 Å². The fourth-order valence-electron chi connectivity index (χ4n) is 2.76. The first-order valence-corrected chi connectivity index (χ1v) is 9.07. The summed E-state index contributed by atoms with van der Waals surface area (Å²) < 4.78 is 11.5. The van der Waals surface area contributed by atoms with Gasteiger partial charge in [-0.2, -0.15) is 0 Å². The Morgan fingerprint density at radius 2 is 1.81 bits per heavy atom. The molecule has 0 N–H and O–H groups in total. The highest BCUT2D eigenvalue weighted by Gasteiger charge is 2.06. The number of benzene rings is 2. The second-order valence-corrected chi connectivity index (χ2v) is 6.91. The monoisotopic (exact) mass is 380 g/mol. The van der Waals surface area contributed by atoms with Crippen molar-refractivity contribution in [3.63, 3.8) is 0 Å². The van der Waals surface area contributed by atoms with E-state index >= 15 is 0 Å². The largest absolute Gasteiger partial charge is 0.486 e. The minimum absolute atomic E-state index is 0.0555. The molecule has 3 aromatic rings. The maximum absolute atomic E-state index is 12.2. The van der Waals surface area contributed by atoms with Crippen molar-refractivity contribution >= 4 is 23.5 Å². The van der Waals surface area contributed by atoms with E-state index in [9.17, 15) is 4.79 Å². The molecule has 0 atom stereocenters. The van der Waals surface area contributed by atoms with E-state index in [4.69, 9.17) is 20.8 Å². The van der Waals surface area contributed by atoms with Crippen LogP contribution in [0.2, 0.25) is 5.02 Å². The van der Waals surface area contributed by atoms with Crippen LogP contribution in [0.5, 0.6) is 5.75 Å². The summed E-state index contributed by atoms with van der Waals surface area (Å²) in [6, 6.07) is 15.0. The van der Waals surface area contributed by atoms with Crippen LogP contribution in [-0.2, 0) is 6.61 Å². The Bertz CT molecular complexity index is 975. The molecular formula is C23H21ClO3. The summed E-state index contributed by atoms with van der Waals surface area (Å²) in [5, 5.41) is 0.756. The molecule has 0 aliphatic carbocycles. The van der Waals surface area contributed by atoms with E-state index in [-0.39, 0.29) is 5.78 Å². The van der Waals surface area contributed by atoms with Crippen molar-refractivity contribution in [1.29, 1.82) is 0 Å². The normalized spacial score (nSPS) is 11.1. The molecule has 0 aliphatic heterocycles. The van der Waals surface area contributed by atoms with Gasteiger partial charge in [0.05, 0.1) is 0 Å². The lowest BCUT2D eigenvalue weighted by molar-refractivity contribution is 0.104. The number of hydrogen-bond acceptors (Lipinski definition) is 3. The first kappa shape index (κ1) is 19.0. The molecule has 0 bridgehead atoms. The van der Waals surface area contributed by atoms with E-state index < -0.39 is 0 Å². The molecule has 138 valence electrons. The van der Waals surface area contributed by atoms with Crippen molar-refractivity contribution in [2.24, 2.45) is 0 Å². The van der Waals surface area contributed by atoms with Gasteiger partial charge in [-0.15, -0.1) is 0 Å². The van der Waals surface area contributed by atoms with Crippen LogP contribution in [0.15, 0.2) is 59.0 Å². The number of rotatable bonds is 6. The Hall–Kier alpha value is -2.78. The van der Waals surface area contributed by atoms with Crippen molar-refractivity contribution in [1.82, 2.24) is 0 Å². The van der Waals surface area contributed by atoms with Gasteiger partial charge in [-0.25, -0.2) is 0 Å². The second kappa shape index (κ2) is 8.28. The lowest BCUT2D eigenvalue weighted by atomic mass is 10.1. The van der Waals surface area contributed by atoms with Crippen LogP contribution in [0.25, 0.3) is 6.08 Å². The summed E-state index contributed by atoms with van der Waals surface area (Å²) in [5.41, 5.74) is 3.67. The molecule has 3 rings (SSSR count). The Balaban J connectivity index is 1.62. The highest BCUT2D eigenvalue weighted by Crippen LogP contribution is 2.26. The fourth-order valence-corrected chi connectivity index (χ4v) is 2.87. The van der Waals surface area contributed by atoms with Crippen molar-refractivity contribution < 1.29 is 13.9 Å². The molecule has 0 amide bonds. The smallest absolute Gasteiger partial charge is 0.185 e. The summed E-state index contributed by atoms with van der Waals surface area (Å²) in [5.74, 6) is 1.98. The number of ether oxygens (including phenoxy) is 1. The third-order valence-corrected chi connectivity index (χ3v) is 4.77. The zero-order valence-corrected chi connectivity index (χ0v) is 16.3. The summed E-state index contributed by atoms with van der Waals surface area (Å²) in [4.78, 5) is 12.2. The first-order valence-electron chi connectivity index (χ1n) is 8.70.